The van der Waals surface area contributed by atoms with Crippen LogP contribution in [0.5, 0.6) is 0 Å². The van der Waals surface area contributed by atoms with Crippen LogP contribution in [0.3, 0.4) is 0 Å². The van der Waals surface area contributed by atoms with Crippen molar-refractivity contribution in [2.75, 3.05) is 13.2 Å². The quantitative estimate of drug-likeness (QED) is 0.0686. The van der Waals surface area contributed by atoms with E-state index in [2.05, 4.69) is 18.2 Å². The molecule has 0 aliphatic carbocycles. The highest BCUT2D eigenvalue weighted by molar-refractivity contribution is 7.87. The summed E-state index contributed by atoms with van der Waals surface area (Å²) in [5.74, 6) is -2.05. The lowest BCUT2D eigenvalue weighted by atomic mass is 10.0. The van der Waals surface area contributed by atoms with E-state index in [1.165, 1.54) is 89.5 Å². The third kappa shape index (κ3) is 20.0. The zero-order chi connectivity index (χ0) is 25.5. The predicted octanol–water partition coefficient (Wildman–Crippen LogP) is 6.56. The Kier molecular flexibility index (Phi) is 21.2. The van der Waals surface area contributed by atoms with Gasteiger partial charge >= 0.3 is 11.9 Å². The number of esters is 2. The van der Waals surface area contributed by atoms with E-state index in [1.54, 1.807) is 0 Å². The van der Waals surface area contributed by atoms with Crippen LogP contribution in [0.15, 0.2) is 12.7 Å². The minimum Gasteiger partial charge on any atom is -0.465 e. The van der Waals surface area contributed by atoms with Crippen molar-refractivity contribution in [2.24, 2.45) is 0 Å². The minimum absolute atomic E-state index is 0.0607. The summed E-state index contributed by atoms with van der Waals surface area (Å²) in [4.78, 5) is 23.5. The van der Waals surface area contributed by atoms with Gasteiger partial charge in [-0.3, -0.25) is 14.1 Å². The molecule has 0 fully saturated rings. The van der Waals surface area contributed by atoms with Gasteiger partial charge in [0.1, 0.15) is 6.61 Å². The van der Waals surface area contributed by atoms with Gasteiger partial charge in [-0.05, 0) is 6.42 Å². The molecular formula is C26H48O7S. The minimum atomic E-state index is -4.76. The van der Waals surface area contributed by atoms with Gasteiger partial charge in [-0.25, -0.2) is 0 Å². The molecular weight excluding hydrogens is 456 g/mol. The fraction of sp³-hybridized carbons (Fsp3) is 0.846. The summed E-state index contributed by atoms with van der Waals surface area (Å²) >= 11 is 0. The van der Waals surface area contributed by atoms with Gasteiger partial charge in [0.05, 0.1) is 13.0 Å². The van der Waals surface area contributed by atoms with E-state index in [-0.39, 0.29) is 13.2 Å². The number of rotatable bonds is 24. The fourth-order valence-corrected chi connectivity index (χ4v) is 4.42. The standard InChI is InChI=1S/C26H48O7S/c1-3-5-6-7-8-9-10-11-12-13-14-15-16-17-18-19-20-22-33-26(28)24(34(29,30)31)23-25(27)32-21-4-2/h4,24H,2-3,5-23H2,1H3,(H,29,30,31). The van der Waals surface area contributed by atoms with Crippen LogP contribution < -0.4 is 0 Å². The molecule has 0 spiro atoms. The summed E-state index contributed by atoms with van der Waals surface area (Å²) in [6, 6.07) is 0. The molecule has 0 radical (unpaired) electrons. The van der Waals surface area contributed by atoms with E-state index in [1.807, 2.05) is 0 Å². The molecule has 0 amide bonds. The fourth-order valence-electron chi connectivity index (χ4n) is 3.77. The lowest BCUT2D eigenvalue weighted by Crippen LogP contribution is -2.34. The van der Waals surface area contributed by atoms with Gasteiger partial charge in [-0.2, -0.15) is 8.42 Å². The highest BCUT2D eigenvalue weighted by Gasteiger charge is 2.35. The van der Waals surface area contributed by atoms with Crippen LogP contribution in [0, 0.1) is 0 Å². The van der Waals surface area contributed by atoms with Crippen molar-refractivity contribution in [3.05, 3.63) is 12.7 Å². The lowest BCUT2D eigenvalue weighted by molar-refractivity contribution is -0.149. The normalized spacial score (nSPS) is 12.3. The second kappa shape index (κ2) is 22.1. The summed E-state index contributed by atoms with van der Waals surface area (Å²) in [6.07, 6.45) is 21.6. The number of carbonyl (C=O) groups is 2. The molecule has 0 saturated carbocycles. The van der Waals surface area contributed by atoms with Crippen LogP contribution in [0.25, 0.3) is 0 Å². The molecule has 1 atom stereocenters. The molecule has 8 heteroatoms. The van der Waals surface area contributed by atoms with Gasteiger partial charge in [-0.15, -0.1) is 0 Å². The molecule has 200 valence electrons. The van der Waals surface area contributed by atoms with Crippen molar-refractivity contribution in [1.29, 1.82) is 0 Å². The molecule has 0 bridgehead atoms. The van der Waals surface area contributed by atoms with Gasteiger partial charge in [-0.1, -0.05) is 122 Å². The van der Waals surface area contributed by atoms with Crippen LogP contribution in [-0.2, 0) is 29.2 Å². The third-order valence-corrected chi connectivity index (χ3v) is 6.91. The first-order valence-corrected chi connectivity index (χ1v) is 14.7. The Morgan fingerprint density at radius 2 is 1.18 bits per heavy atom. The molecule has 0 aromatic carbocycles. The zero-order valence-electron chi connectivity index (χ0n) is 21.3. The highest BCUT2D eigenvalue weighted by atomic mass is 32.2. The van der Waals surface area contributed by atoms with Gasteiger partial charge in [0.15, 0.2) is 5.25 Å². The van der Waals surface area contributed by atoms with Crippen LogP contribution >= 0.6 is 0 Å². The number of hydrogen-bond donors (Lipinski definition) is 1. The molecule has 0 rings (SSSR count). The number of ether oxygens (including phenoxy) is 2. The van der Waals surface area contributed by atoms with E-state index in [4.69, 9.17) is 4.74 Å². The van der Waals surface area contributed by atoms with E-state index < -0.39 is 33.7 Å². The zero-order valence-corrected chi connectivity index (χ0v) is 22.1. The Hall–Kier alpha value is -1.41. The highest BCUT2D eigenvalue weighted by Crippen LogP contribution is 2.14. The van der Waals surface area contributed by atoms with Gasteiger partial charge in [0.25, 0.3) is 10.1 Å². The average molecular weight is 505 g/mol. The Bertz CT molecular complexity index is 631. The largest absolute Gasteiger partial charge is 0.465 e. The van der Waals surface area contributed by atoms with Gasteiger partial charge in [0, 0.05) is 0 Å². The molecule has 0 heterocycles. The van der Waals surface area contributed by atoms with Crippen LogP contribution in [0.2, 0.25) is 0 Å². The molecule has 1 N–H and O–H groups in total. The summed E-state index contributed by atoms with van der Waals surface area (Å²) in [7, 11) is -4.76. The molecule has 0 aliphatic heterocycles. The summed E-state index contributed by atoms with van der Waals surface area (Å²) in [6.45, 7) is 5.58. The molecule has 7 nitrogen and oxygen atoms in total. The first kappa shape index (κ1) is 32.6. The second-order valence-electron chi connectivity index (χ2n) is 9.00. The van der Waals surface area contributed by atoms with Crippen molar-refractivity contribution < 1.29 is 32.0 Å². The van der Waals surface area contributed by atoms with E-state index >= 15 is 0 Å². The van der Waals surface area contributed by atoms with Crippen LogP contribution in [-0.4, -0.2) is 43.4 Å². The van der Waals surface area contributed by atoms with Crippen molar-refractivity contribution in [3.8, 4) is 0 Å². The van der Waals surface area contributed by atoms with E-state index in [0.717, 1.165) is 19.3 Å². The number of unbranched alkanes of at least 4 members (excludes halogenated alkanes) is 16. The molecule has 1 unspecified atom stereocenters. The second-order valence-corrected chi connectivity index (χ2v) is 10.6. The molecule has 0 aromatic rings. The van der Waals surface area contributed by atoms with Crippen molar-refractivity contribution in [3.63, 3.8) is 0 Å². The molecule has 0 aliphatic rings. The average Bonchev–Trinajstić information content (AvgIpc) is 2.79. The Balaban J connectivity index is 3.64. The SMILES string of the molecule is C=CCOC(=O)CC(C(=O)OCCCCCCCCCCCCCCCCCCC)S(=O)(=O)O. The van der Waals surface area contributed by atoms with Gasteiger partial charge in [0.2, 0.25) is 0 Å². The Labute approximate surface area is 207 Å². The van der Waals surface area contributed by atoms with Crippen molar-refractivity contribution in [2.45, 2.75) is 128 Å². The lowest BCUT2D eigenvalue weighted by Gasteiger charge is -2.12. The Morgan fingerprint density at radius 1 is 0.765 bits per heavy atom. The predicted molar refractivity (Wildman–Crippen MR) is 136 cm³/mol. The molecule has 0 saturated heterocycles. The van der Waals surface area contributed by atoms with Crippen LogP contribution in [0.1, 0.15) is 122 Å². The van der Waals surface area contributed by atoms with E-state index in [9.17, 15) is 22.6 Å². The van der Waals surface area contributed by atoms with E-state index in [0.29, 0.717) is 6.42 Å². The first-order chi connectivity index (χ1) is 16.3. The maximum atomic E-state index is 12.0. The molecule has 0 aromatic heterocycles. The summed E-state index contributed by atoms with van der Waals surface area (Å²) in [5, 5.41) is -1.96. The maximum Gasteiger partial charge on any atom is 0.327 e. The van der Waals surface area contributed by atoms with Crippen LogP contribution in [0.4, 0.5) is 0 Å². The number of hydrogen-bond acceptors (Lipinski definition) is 6. The smallest absolute Gasteiger partial charge is 0.327 e. The third-order valence-electron chi connectivity index (χ3n) is 5.83. The van der Waals surface area contributed by atoms with Gasteiger partial charge < -0.3 is 9.47 Å². The first-order valence-electron chi connectivity index (χ1n) is 13.2. The number of carbonyl (C=O) groups excluding carboxylic acids is 2. The monoisotopic (exact) mass is 504 g/mol. The van der Waals surface area contributed by atoms with Crippen molar-refractivity contribution >= 4 is 22.1 Å². The molecule has 34 heavy (non-hydrogen) atoms. The topological polar surface area (TPSA) is 107 Å². The maximum absolute atomic E-state index is 12.0. The summed E-state index contributed by atoms with van der Waals surface area (Å²) in [5.41, 5.74) is 0. The summed E-state index contributed by atoms with van der Waals surface area (Å²) < 4.78 is 41.6. The Morgan fingerprint density at radius 3 is 1.56 bits per heavy atom. The van der Waals surface area contributed by atoms with Crippen molar-refractivity contribution in [1.82, 2.24) is 0 Å².